The zero-order valence-corrected chi connectivity index (χ0v) is 24.5. The number of hydrogen-bond acceptors (Lipinski definition) is 8. The topological polar surface area (TPSA) is 132 Å². The molecule has 2 N–H and O–H groups in total. The lowest BCUT2D eigenvalue weighted by Crippen LogP contribution is -2.51. The van der Waals surface area contributed by atoms with E-state index in [1.54, 1.807) is 71.6 Å². The van der Waals surface area contributed by atoms with E-state index in [1.165, 1.54) is 20.2 Å². The Bertz CT molecular complexity index is 1690. The van der Waals surface area contributed by atoms with Gasteiger partial charge in [0.25, 0.3) is 11.5 Å². The van der Waals surface area contributed by atoms with Gasteiger partial charge in [0.2, 0.25) is 0 Å². The lowest BCUT2D eigenvalue weighted by molar-refractivity contribution is 0.00732. The van der Waals surface area contributed by atoms with E-state index in [1.807, 2.05) is 19.1 Å². The quantitative estimate of drug-likeness (QED) is 0.336. The first kappa shape index (κ1) is 28.8. The van der Waals surface area contributed by atoms with Crippen molar-refractivity contribution in [1.82, 2.24) is 24.5 Å². The summed E-state index contributed by atoms with van der Waals surface area (Å²) in [6.45, 7) is 7.21. The molecule has 220 valence electrons. The zero-order chi connectivity index (χ0) is 30.2. The molecule has 12 nitrogen and oxygen atoms in total. The molecular weight excluding hydrogens is 538 g/mol. The van der Waals surface area contributed by atoms with Crippen molar-refractivity contribution >= 4 is 34.7 Å². The summed E-state index contributed by atoms with van der Waals surface area (Å²) in [5, 5.41) is 10.6. The predicted octanol–water partition coefficient (Wildman–Crippen LogP) is 4.21. The number of carbonyl (C=O) groups excluding carboxylic acids is 2. The lowest BCUT2D eigenvalue weighted by Gasteiger charge is -2.35. The average Bonchev–Trinajstić information content (AvgIpc) is 3.35. The summed E-state index contributed by atoms with van der Waals surface area (Å²) in [5.74, 6) is 0.0226. The fraction of sp³-hybridized carbons (Fsp3) is 0.367. The van der Waals surface area contributed by atoms with E-state index in [4.69, 9.17) is 9.47 Å². The molecule has 1 aliphatic rings. The van der Waals surface area contributed by atoms with Crippen LogP contribution in [0.25, 0.3) is 11.2 Å². The third-order valence-electron chi connectivity index (χ3n) is 7.09. The van der Waals surface area contributed by atoms with Crippen molar-refractivity contribution in [3.63, 3.8) is 0 Å². The van der Waals surface area contributed by atoms with Gasteiger partial charge in [-0.2, -0.15) is 5.10 Å². The summed E-state index contributed by atoms with van der Waals surface area (Å²) >= 11 is 0. The van der Waals surface area contributed by atoms with Gasteiger partial charge in [0.15, 0.2) is 0 Å². The van der Waals surface area contributed by atoms with Crippen LogP contribution in [0.4, 0.5) is 22.0 Å². The molecule has 4 aromatic heterocycles. The van der Waals surface area contributed by atoms with Gasteiger partial charge >= 0.3 is 6.09 Å². The molecule has 5 rings (SSSR count). The number of carbonyl (C=O) groups is 2. The number of hydrogen-bond donors (Lipinski definition) is 2. The maximum Gasteiger partial charge on any atom is 0.415 e. The van der Waals surface area contributed by atoms with Gasteiger partial charge in [-0.15, -0.1) is 0 Å². The van der Waals surface area contributed by atoms with E-state index in [2.05, 4.69) is 20.7 Å². The van der Waals surface area contributed by atoms with Crippen LogP contribution in [0.2, 0.25) is 0 Å². The molecule has 0 spiro atoms. The molecule has 0 saturated heterocycles. The summed E-state index contributed by atoms with van der Waals surface area (Å²) in [4.78, 5) is 45.4. The van der Waals surface area contributed by atoms with Crippen LogP contribution < -0.4 is 21.1 Å². The molecule has 1 saturated carbocycles. The first-order chi connectivity index (χ1) is 19.9. The van der Waals surface area contributed by atoms with Crippen LogP contribution in [-0.2, 0) is 9.47 Å². The monoisotopic (exact) mass is 573 g/mol. The van der Waals surface area contributed by atoms with Crippen LogP contribution in [0.3, 0.4) is 0 Å². The van der Waals surface area contributed by atoms with Crippen molar-refractivity contribution in [2.45, 2.75) is 58.3 Å². The van der Waals surface area contributed by atoms with Gasteiger partial charge in [0.05, 0.1) is 41.3 Å². The lowest BCUT2D eigenvalue weighted by atomic mass is 9.89. The van der Waals surface area contributed by atoms with E-state index < -0.39 is 11.7 Å². The van der Waals surface area contributed by atoms with E-state index in [-0.39, 0.29) is 29.3 Å². The fourth-order valence-corrected chi connectivity index (χ4v) is 4.69. The number of pyridine rings is 3. The van der Waals surface area contributed by atoms with Crippen LogP contribution in [0.15, 0.2) is 59.8 Å². The normalized spacial score (nSPS) is 16.5. The van der Waals surface area contributed by atoms with Crippen molar-refractivity contribution in [3.8, 4) is 5.69 Å². The molecule has 0 radical (unpaired) electrons. The Morgan fingerprint density at radius 3 is 2.55 bits per heavy atom. The minimum atomic E-state index is -0.726. The highest BCUT2D eigenvalue weighted by atomic mass is 16.6. The molecule has 0 bridgehead atoms. The third-order valence-corrected chi connectivity index (χ3v) is 7.09. The van der Waals surface area contributed by atoms with Gasteiger partial charge in [-0.3, -0.25) is 24.0 Å². The first-order valence-corrected chi connectivity index (χ1v) is 13.7. The second-order valence-corrected chi connectivity index (χ2v) is 11.3. The van der Waals surface area contributed by atoms with Gasteiger partial charge in [0.1, 0.15) is 17.1 Å². The van der Waals surface area contributed by atoms with Crippen molar-refractivity contribution < 1.29 is 19.1 Å². The maximum absolute atomic E-state index is 13.4. The molecule has 4 heterocycles. The van der Waals surface area contributed by atoms with Gasteiger partial charge in [-0.05, 0) is 70.9 Å². The van der Waals surface area contributed by atoms with Crippen LogP contribution in [0, 0.1) is 6.92 Å². The molecule has 1 fully saturated rings. The number of amides is 2. The largest absolute Gasteiger partial charge is 0.443 e. The molecular formula is C30H35N7O5. The minimum absolute atomic E-state index is 0.0362. The summed E-state index contributed by atoms with van der Waals surface area (Å²) in [6.07, 6.45) is 5.81. The second kappa shape index (κ2) is 11.3. The van der Waals surface area contributed by atoms with Crippen molar-refractivity contribution in [2.24, 2.45) is 0 Å². The number of rotatable bonds is 7. The molecule has 0 aliphatic heterocycles. The molecule has 2 amide bonds. The molecule has 42 heavy (non-hydrogen) atoms. The number of aryl methyl sites for hydroxylation is 1. The van der Waals surface area contributed by atoms with Crippen molar-refractivity contribution in [3.05, 3.63) is 76.6 Å². The van der Waals surface area contributed by atoms with Gasteiger partial charge in [-0.25, -0.2) is 9.31 Å². The van der Waals surface area contributed by atoms with E-state index in [0.29, 0.717) is 28.3 Å². The van der Waals surface area contributed by atoms with Crippen LogP contribution >= 0.6 is 0 Å². The number of nitrogens with one attached hydrogen (secondary N) is 2. The number of methoxy groups -OCH3 is 1. The molecule has 4 aromatic rings. The Balaban J connectivity index is 1.55. The highest BCUT2D eigenvalue weighted by Crippen LogP contribution is 2.28. The third kappa shape index (κ3) is 5.84. The van der Waals surface area contributed by atoms with E-state index >= 15 is 0 Å². The van der Waals surface area contributed by atoms with Crippen LogP contribution in [0.5, 0.6) is 0 Å². The average molecular weight is 574 g/mol. The minimum Gasteiger partial charge on any atom is -0.443 e. The molecule has 12 heteroatoms. The first-order valence-electron chi connectivity index (χ1n) is 13.7. The number of anilines is 3. The smallest absolute Gasteiger partial charge is 0.415 e. The zero-order valence-electron chi connectivity index (χ0n) is 24.5. The highest BCUT2D eigenvalue weighted by Gasteiger charge is 2.33. The molecule has 1 aliphatic carbocycles. The Labute approximate surface area is 243 Å². The van der Waals surface area contributed by atoms with Crippen LogP contribution in [-0.4, -0.2) is 63.1 Å². The van der Waals surface area contributed by atoms with Crippen molar-refractivity contribution in [2.75, 3.05) is 24.4 Å². The summed E-state index contributed by atoms with van der Waals surface area (Å²) < 4.78 is 14.0. The van der Waals surface area contributed by atoms with E-state index in [0.717, 1.165) is 18.5 Å². The highest BCUT2D eigenvalue weighted by molar-refractivity contribution is 6.02. The Morgan fingerprint density at radius 1 is 1.12 bits per heavy atom. The maximum atomic E-state index is 13.4. The van der Waals surface area contributed by atoms with Crippen molar-refractivity contribution in [1.29, 1.82) is 0 Å². The molecule has 2 atom stereocenters. The number of nitrogens with zero attached hydrogens (tertiary/aromatic N) is 5. The number of ether oxygens (including phenoxy) is 2. The Kier molecular flexibility index (Phi) is 7.74. The summed E-state index contributed by atoms with van der Waals surface area (Å²) in [6, 6.07) is 10.4. The fourth-order valence-electron chi connectivity index (χ4n) is 4.69. The van der Waals surface area contributed by atoms with Gasteiger partial charge in [0, 0.05) is 37.8 Å². The number of fused-ring (bicyclic) bond motifs is 1. The SMILES string of the molecule is CO[C@H]1CC[C@@H]1NC(=O)c1cnn2c(N(C)C(=O)OC(C)(C)C)cc(Nc3cccn(-c4ccc(C)nc4)c3=O)cc12. The number of aromatic nitrogens is 4. The van der Waals surface area contributed by atoms with Crippen LogP contribution in [0.1, 0.15) is 49.7 Å². The second-order valence-electron chi connectivity index (χ2n) is 11.3. The molecule has 0 unspecified atom stereocenters. The molecule has 0 aromatic carbocycles. The van der Waals surface area contributed by atoms with Gasteiger partial charge in [-0.1, -0.05) is 0 Å². The van der Waals surface area contributed by atoms with E-state index in [9.17, 15) is 14.4 Å². The summed E-state index contributed by atoms with van der Waals surface area (Å²) in [5.41, 5.74) is 1.95. The Morgan fingerprint density at radius 2 is 1.90 bits per heavy atom. The Hall–Kier alpha value is -4.71. The standard InChI is InChI=1S/C30H35N7O5/c1-18-9-10-20(16-31-18)36-13-7-8-23(28(36)39)33-19-14-24-21(27(38)34-22-11-12-25(22)41-6)17-32-37(24)26(15-19)35(5)29(40)42-30(2,3)4/h7-10,13-17,22,25,33H,11-12H2,1-6H3,(H,34,38)/t22-,25-/m0/s1. The predicted molar refractivity (Wildman–Crippen MR) is 159 cm³/mol. The summed E-state index contributed by atoms with van der Waals surface area (Å²) in [7, 11) is 3.19. The van der Waals surface area contributed by atoms with Gasteiger partial charge < -0.3 is 20.1 Å².